The molecule has 1 saturated heterocycles. The van der Waals surface area contributed by atoms with Crippen molar-refractivity contribution in [3.05, 3.63) is 71.6 Å². The van der Waals surface area contributed by atoms with E-state index >= 15 is 0 Å². The van der Waals surface area contributed by atoms with Crippen molar-refractivity contribution in [1.82, 2.24) is 14.9 Å². The van der Waals surface area contributed by atoms with Gasteiger partial charge in [-0.1, -0.05) is 36.3 Å². The molecule has 0 bridgehead atoms. The number of para-hydroxylation sites is 1. The summed E-state index contributed by atoms with van der Waals surface area (Å²) >= 11 is 0. The van der Waals surface area contributed by atoms with Crippen LogP contribution in [0.2, 0.25) is 0 Å². The molecule has 0 unspecified atom stereocenters. The van der Waals surface area contributed by atoms with Crippen LogP contribution in [-0.4, -0.2) is 50.6 Å². The van der Waals surface area contributed by atoms with Crippen LogP contribution in [0.1, 0.15) is 73.7 Å². The zero-order valence-corrected chi connectivity index (χ0v) is 25.3. The Balaban J connectivity index is 1.18. The lowest BCUT2D eigenvalue weighted by molar-refractivity contribution is -0.274. The van der Waals surface area contributed by atoms with Gasteiger partial charge < -0.3 is 24.0 Å². The number of ether oxygens (including phenoxy) is 2. The summed E-state index contributed by atoms with van der Waals surface area (Å²) in [7, 11) is 1.61. The first-order valence-corrected chi connectivity index (χ1v) is 15.1. The molecule has 238 valence electrons. The number of anilines is 1. The van der Waals surface area contributed by atoms with E-state index in [9.17, 15) is 23.1 Å². The molecule has 2 fully saturated rings. The van der Waals surface area contributed by atoms with Crippen molar-refractivity contribution in [1.29, 1.82) is 0 Å². The third-order valence-corrected chi connectivity index (χ3v) is 8.64. The van der Waals surface area contributed by atoms with Gasteiger partial charge in [-0.15, -0.1) is 13.2 Å². The van der Waals surface area contributed by atoms with E-state index in [1.807, 2.05) is 24.3 Å². The minimum atomic E-state index is -4.84. The summed E-state index contributed by atoms with van der Waals surface area (Å²) < 4.78 is 57.3. The third-order valence-electron chi connectivity index (χ3n) is 8.64. The number of carboxylic acids is 1. The molecule has 3 atom stereocenters. The SMILES string of the molecule is CC[C@H]1C[C@@H](OCc2c(-c3ccccc3OC(F)(F)F)noc2C2CC2)C[C@@H](C)N1c1ccc(-c2cc(C(=O)O)n(C)n2)cc1. The zero-order chi connectivity index (χ0) is 31.9. The van der Waals surface area contributed by atoms with Crippen LogP contribution in [0, 0.1) is 0 Å². The smallest absolute Gasteiger partial charge is 0.477 e. The van der Waals surface area contributed by atoms with Crippen molar-refractivity contribution >= 4 is 11.7 Å². The molecule has 4 aromatic rings. The zero-order valence-electron chi connectivity index (χ0n) is 25.3. The fourth-order valence-electron chi connectivity index (χ4n) is 6.36. The Labute approximate surface area is 258 Å². The fourth-order valence-corrected chi connectivity index (χ4v) is 6.36. The van der Waals surface area contributed by atoms with Crippen LogP contribution < -0.4 is 9.64 Å². The number of aromatic nitrogens is 3. The second kappa shape index (κ2) is 12.2. The summed E-state index contributed by atoms with van der Waals surface area (Å²) in [6, 6.07) is 15.9. The quantitative estimate of drug-likeness (QED) is 0.193. The number of carbonyl (C=O) groups is 1. The molecule has 1 aliphatic heterocycles. The van der Waals surface area contributed by atoms with Gasteiger partial charge in [0.15, 0.2) is 0 Å². The molecule has 1 saturated carbocycles. The Hall–Kier alpha value is -4.32. The number of aromatic carboxylic acids is 1. The van der Waals surface area contributed by atoms with Gasteiger partial charge in [0.25, 0.3) is 0 Å². The van der Waals surface area contributed by atoms with Crippen molar-refractivity contribution in [2.75, 3.05) is 4.90 Å². The molecule has 0 spiro atoms. The number of carboxylic acid groups (broad SMARTS) is 1. The highest BCUT2D eigenvalue weighted by Crippen LogP contribution is 2.46. The van der Waals surface area contributed by atoms with E-state index in [4.69, 9.17) is 9.26 Å². The highest BCUT2D eigenvalue weighted by Gasteiger charge is 2.37. The number of hydrogen-bond donors (Lipinski definition) is 1. The molecule has 0 radical (unpaired) electrons. The molecule has 1 aliphatic carbocycles. The largest absolute Gasteiger partial charge is 0.573 e. The minimum absolute atomic E-state index is 0.0695. The Morgan fingerprint density at radius 3 is 2.49 bits per heavy atom. The number of rotatable bonds is 10. The minimum Gasteiger partial charge on any atom is -0.477 e. The highest BCUT2D eigenvalue weighted by atomic mass is 19.4. The van der Waals surface area contributed by atoms with Gasteiger partial charge in [0.05, 0.1) is 18.4 Å². The van der Waals surface area contributed by atoms with E-state index in [1.54, 1.807) is 25.2 Å². The maximum absolute atomic E-state index is 13.2. The van der Waals surface area contributed by atoms with Crippen LogP contribution in [0.25, 0.3) is 22.5 Å². The molecule has 12 heteroatoms. The van der Waals surface area contributed by atoms with Gasteiger partial charge in [0, 0.05) is 47.4 Å². The summed E-state index contributed by atoms with van der Waals surface area (Å²) in [5, 5.41) is 17.9. The highest BCUT2D eigenvalue weighted by molar-refractivity contribution is 5.87. The average molecular weight is 625 g/mol. The van der Waals surface area contributed by atoms with E-state index in [1.165, 1.54) is 16.8 Å². The Morgan fingerprint density at radius 1 is 1.11 bits per heavy atom. The van der Waals surface area contributed by atoms with E-state index in [0.717, 1.165) is 43.4 Å². The van der Waals surface area contributed by atoms with Gasteiger partial charge in [0.2, 0.25) is 0 Å². The van der Waals surface area contributed by atoms with Gasteiger partial charge in [-0.2, -0.15) is 5.10 Å². The first-order valence-electron chi connectivity index (χ1n) is 15.1. The molecule has 0 amide bonds. The monoisotopic (exact) mass is 624 g/mol. The van der Waals surface area contributed by atoms with Gasteiger partial charge >= 0.3 is 12.3 Å². The van der Waals surface area contributed by atoms with E-state index in [-0.39, 0.29) is 47.7 Å². The molecule has 3 heterocycles. The van der Waals surface area contributed by atoms with Crippen molar-refractivity contribution in [3.63, 3.8) is 0 Å². The summed E-state index contributed by atoms with van der Waals surface area (Å²) in [5.74, 6) is -0.490. The maximum Gasteiger partial charge on any atom is 0.573 e. The molecule has 9 nitrogen and oxygen atoms in total. The van der Waals surface area contributed by atoms with Gasteiger partial charge in [-0.25, -0.2) is 4.79 Å². The summed E-state index contributed by atoms with van der Waals surface area (Å²) in [5.41, 5.74) is 3.82. The van der Waals surface area contributed by atoms with Crippen LogP contribution in [0.5, 0.6) is 5.75 Å². The molecule has 45 heavy (non-hydrogen) atoms. The lowest BCUT2D eigenvalue weighted by Crippen LogP contribution is -2.50. The molecule has 2 aromatic carbocycles. The van der Waals surface area contributed by atoms with Crippen molar-refractivity contribution in [3.8, 4) is 28.3 Å². The van der Waals surface area contributed by atoms with Gasteiger partial charge in [-0.05, 0) is 69.4 Å². The van der Waals surface area contributed by atoms with Crippen LogP contribution in [-0.2, 0) is 18.4 Å². The molecular formula is C33H35F3N4O5. The predicted molar refractivity (Wildman–Crippen MR) is 160 cm³/mol. The number of benzene rings is 2. The summed E-state index contributed by atoms with van der Waals surface area (Å²) in [6.45, 7) is 4.48. The van der Waals surface area contributed by atoms with E-state index in [0.29, 0.717) is 22.7 Å². The standard InChI is InChI=1S/C33H35F3N4O5/c1-4-22-16-24(15-19(2)40(22)23-13-11-20(12-14-23)27-17-28(32(41)42)39(3)37-27)43-18-26-30(38-45-31(26)21-9-10-21)25-7-5-6-8-29(25)44-33(34,35)36/h5-8,11-14,17,19,21-22,24H,4,9-10,15-16,18H2,1-3H3,(H,41,42)/t19-,22+,24+/m1/s1. The van der Waals surface area contributed by atoms with Crippen molar-refractivity contribution in [2.24, 2.45) is 7.05 Å². The first kappa shape index (κ1) is 30.7. The summed E-state index contributed by atoms with van der Waals surface area (Å²) in [6.07, 6.45) is -0.601. The van der Waals surface area contributed by atoms with Gasteiger partial charge in [0.1, 0.15) is 22.9 Å². The topological polar surface area (TPSA) is 103 Å². The second-order valence-corrected chi connectivity index (χ2v) is 11.8. The third kappa shape index (κ3) is 6.56. The molecular weight excluding hydrogens is 589 g/mol. The van der Waals surface area contributed by atoms with Gasteiger partial charge in [-0.3, -0.25) is 4.68 Å². The Bertz CT molecular complexity index is 1660. The maximum atomic E-state index is 13.2. The van der Waals surface area contributed by atoms with Crippen LogP contribution in [0.4, 0.5) is 18.9 Å². The fraction of sp³-hybridized carbons (Fsp3) is 0.424. The van der Waals surface area contributed by atoms with E-state index < -0.39 is 12.3 Å². The number of alkyl halides is 3. The number of aryl methyl sites for hydroxylation is 1. The number of halogens is 3. The average Bonchev–Trinajstić information content (AvgIpc) is 3.63. The normalized spacial score (nSPS) is 20.4. The van der Waals surface area contributed by atoms with Crippen molar-refractivity contribution < 1.29 is 37.1 Å². The van der Waals surface area contributed by atoms with Crippen LogP contribution >= 0.6 is 0 Å². The Kier molecular flexibility index (Phi) is 8.34. The Morgan fingerprint density at radius 2 is 1.84 bits per heavy atom. The lowest BCUT2D eigenvalue weighted by Gasteiger charge is -2.45. The number of nitrogens with zero attached hydrogens (tertiary/aromatic N) is 4. The molecule has 1 N–H and O–H groups in total. The molecule has 2 aliphatic rings. The number of hydrogen-bond acceptors (Lipinski definition) is 7. The number of piperidine rings is 1. The first-order chi connectivity index (χ1) is 21.5. The van der Waals surface area contributed by atoms with E-state index in [2.05, 4.69) is 33.7 Å². The molecule has 2 aromatic heterocycles. The predicted octanol–water partition coefficient (Wildman–Crippen LogP) is 7.57. The molecule has 6 rings (SSSR count). The van der Waals surface area contributed by atoms with Crippen LogP contribution in [0.3, 0.4) is 0 Å². The van der Waals surface area contributed by atoms with Crippen LogP contribution in [0.15, 0.2) is 59.1 Å². The van der Waals surface area contributed by atoms with Crippen molar-refractivity contribution in [2.45, 2.75) is 83.0 Å². The second-order valence-electron chi connectivity index (χ2n) is 11.8. The lowest BCUT2D eigenvalue weighted by atomic mass is 9.91. The summed E-state index contributed by atoms with van der Waals surface area (Å²) in [4.78, 5) is 13.8.